The fourth-order valence-electron chi connectivity index (χ4n) is 2.90. The average Bonchev–Trinajstić information content (AvgIpc) is 2.99. The van der Waals surface area contributed by atoms with Crippen molar-refractivity contribution in [3.8, 4) is 5.69 Å². The largest absolute Gasteiger partial charge is 0.481 e. The van der Waals surface area contributed by atoms with Gasteiger partial charge in [0.05, 0.1) is 17.0 Å². The van der Waals surface area contributed by atoms with Crippen LogP contribution in [0, 0.1) is 11.6 Å². The van der Waals surface area contributed by atoms with E-state index in [1.165, 1.54) is 18.2 Å². The van der Waals surface area contributed by atoms with E-state index in [9.17, 15) is 13.9 Å². The highest BCUT2D eigenvalue weighted by Gasteiger charge is 2.26. The number of rotatable bonds is 2. The van der Waals surface area contributed by atoms with Gasteiger partial charge in [-0.2, -0.15) is 0 Å². The molecule has 150 valence electrons. The molecule has 0 amide bonds. The van der Waals surface area contributed by atoms with Crippen molar-refractivity contribution in [3.63, 3.8) is 0 Å². The molecule has 7 nitrogen and oxygen atoms in total. The zero-order valence-electron chi connectivity index (χ0n) is 15.1. The SMILES string of the molecule is CC(=O)O.OCc1nnc2n1-c1ccc(Cl)cc1C(c1c(F)cccc1F)=NC2. The van der Waals surface area contributed by atoms with Gasteiger partial charge in [0.1, 0.15) is 24.8 Å². The third kappa shape index (κ3) is 4.15. The topological polar surface area (TPSA) is 101 Å². The summed E-state index contributed by atoms with van der Waals surface area (Å²) < 4.78 is 30.3. The first-order valence-corrected chi connectivity index (χ1v) is 8.74. The minimum Gasteiger partial charge on any atom is -0.481 e. The molecule has 1 aliphatic rings. The summed E-state index contributed by atoms with van der Waals surface area (Å²) in [6, 6.07) is 8.56. The van der Waals surface area contributed by atoms with Crippen LogP contribution in [0.25, 0.3) is 5.69 Å². The number of hydrogen-bond acceptors (Lipinski definition) is 5. The third-order valence-electron chi connectivity index (χ3n) is 3.97. The van der Waals surface area contributed by atoms with Gasteiger partial charge in [0, 0.05) is 17.5 Å². The molecule has 0 fully saturated rings. The molecule has 0 spiro atoms. The maximum Gasteiger partial charge on any atom is 0.300 e. The van der Waals surface area contributed by atoms with Crippen LogP contribution in [0.2, 0.25) is 5.02 Å². The van der Waals surface area contributed by atoms with Crippen LogP contribution in [0.3, 0.4) is 0 Å². The predicted octanol–water partition coefficient (Wildman–Crippen LogP) is 3.13. The van der Waals surface area contributed by atoms with Crippen LogP contribution in [0.15, 0.2) is 41.4 Å². The quantitative estimate of drug-likeness (QED) is 0.663. The number of fused-ring (bicyclic) bond motifs is 3. The molecule has 0 atom stereocenters. The van der Waals surface area contributed by atoms with Crippen LogP contribution in [-0.4, -0.2) is 36.7 Å². The van der Waals surface area contributed by atoms with E-state index in [1.807, 2.05) is 0 Å². The lowest BCUT2D eigenvalue weighted by Crippen LogP contribution is -2.12. The van der Waals surface area contributed by atoms with Crippen molar-refractivity contribution < 1.29 is 23.8 Å². The van der Waals surface area contributed by atoms with Crippen molar-refractivity contribution in [1.82, 2.24) is 14.8 Å². The molecule has 1 aliphatic heterocycles. The van der Waals surface area contributed by atoms with Gasteiger partial charge in [-0.05, 0) is 30.3 Å². The molecular weight excluding hydrogens is 406 g/mol. The van der Waals surface area contributed by atoms with Gasteiger partial charge in [-0.1, -0.05) is 17.7 Å². The van der Waals surface area contributed by atoms with Gasteiger partial charge in [-0.3, -0.25) is 14.4 Å². The van der Waals surface area contributed by atoms with Gasteiger partial charge in [0.15, 0.2) is 11.6 Å². The van der Waals surface area contributed by atoms with E-state index in [0.29, 0.717) is 27.9 Å². The van der Waals surface area contributed by atoms with Crippen molar-refractivity contribution in [1.29, 1.82) is 0 Å². The predicted molar refractivity (Wildman–Crippen MR) is 101 cm³/mol. The second-order valence-electron chi connectivity index (χ2n) is 5.97. The summed E-state index contributed by atoms with van der Waals surface area (Å²) in [7, 11) is 0. The fraction of sp³-hybridized carbons (Fsp3) is 0.158. The molecule has 29 heavy (non-hydrogen) atoms. The Morgan fingerprint density at radius 2 is 1.86 bits per heavy atom. The number of carbonyl (C=O) groups is 1. The first-order chi connectivity index (χ1) is 13.8. The zero-order chi connectivity index (χ0) is 21.1. The molecule has 0 saturated heterocycles. The van der Waals surface area contributed by atoms with Gasteiger partial charge in [-0.15, -0.1) is 10.2 Å². The highest BCUT2D eigenvalue weighted by molar-refractivity contribution is 6.31. The summed E-state index contributed by atoms with van der Waals surface area (Å²) in [5.74, 6) is -1.50. The standard InChI is InChI=1S/C17H11ClF2N4O.C2H4O2/c18-9-4-5-13-10(6-9)17(16-11(19)2-1-3-12(16)20)21-7-14-22-23-15(8-25)24(13)14;1-2(3)4/h1-6,25H,7-8H2;1H3,(H,3,4). The summed E-state index contributed by atoms with van der Waals surface area (Å²) in [5, 5.41) is 25.3. The third-order valence-corrected chi connectivity index (χ3v) is 4.21. The molecule has 0 aliphatic carbocycles. The molecule has 3 aromatic rings. The van der Waals surface area contributed by atoms with Crippen LogP contribution in [0.5, 0.6) is 0 Å². The number of aliphatic carboxylic acids is 1. The van der Waals surface area contributed by atoms with Crippen LogP contribution >= 0.6 is 11.6 Å². The van der Waals surface area contributed by atoms with E-state index < -0.39 is 17.6 Å². The summed E-state index contributed by atoms with van der Waals surface area (Å²) in [5.41, 5.74) is 0.898. The average molecular weight is 421 g/mol. The van der Waals surface area contributed by atoms with Gasteiger partial charge in [-0.25, -0.2) is 8.78 Å². The Kier molecular flexibility index (Phi) is 6.00. The second kappa shape index (κ2) is 8.46. The lowest BCUT2D eigenvalue weighted by atomic mass is 9.99. The monoisotopic (exact) mass is 420 g/mol. The van der Waals surface area contributed by atoms with Gasteiger partial charge in [0.25, 0.3) is 5.97 Å². The Morgan fingerprint density at radius 3 is 2.48 bits per heavy atom. The van der Waals surface area contributed by atoms with Crippen LogP contribution in [0.1, 0.15) is 29.7 Å². The minimum atomic E-state index is -0.833. The molecule has 10 heteroatoms. The highest BCUT2D eigenvalue weighted by atomic mass is 35.5. The zero-order valence-corrected chi connectivity index (χ0v) is 15.9. The smallest absolute Gasteiger partial charge is 0.300 e. The fourth-order valence-corrected chi connectivity index (χ4v) is 3.07. The van der Waals surface area contributed by atoms with Crippen molar-refractivity contribution >= 4 is 23.3 Å². The molecule has 1 aromatic heterocycles. The summed E-state index contributed by atoms with van der Waals surface area (Å²) >= 11 is 6.10. The number of aromatic nitrogens is 3. The maximum atomic E-state index is 14.3. The molecule has 2 N–H and O–H groups in total. The summed E-state index contributed by atoms with van der Waals surface area (Å²) in [4.78, 5) is 13.4. The van der Waals surface area contributed by atoms with Crippen LogP contribution < -0.4 is 0 Å². The normalized spacial score (nSPS) is 12.1. The molecule has 0 unspecified atom stereocenters. The highest BCUT2D eigenvalue weighted by Crippen LogP contribution is 2.29. The van der Waals surface area contributed by atoms with E-state index in [4.69, 9.17) is 21.5 Å². The van der Waals surface area contributed by atoms with Crippen LogP contribution in [0.4, 0.5) is 8.78 Å². The molecule has 0 radical (unpaired) electrons. The van der Waals surface area contributed by atoms with Crippen molar-refractivity contribution in [2.24, 2.45) is 4.99 Å². The van der Waals surface area contributed by atoms with E-state index >= 15 is 0 Å². The Morgan fingerprint density at radius 1 is 1.21 bits per heavy atom. The molecular formula is C19H15ClF2N4O3. The number of benzene rings is 2. The molecule has 2 heterocycles. The number of aliphatic hydroxyl groups excluding tert-OH is 1. The first-order valence-electron chi connectivity index (χ1n) is 8.36. The summed E-state index contributed by atoms with van der Waals surface area (Å²) in [6.45, 7) is 0.806. The lowest BCUT2D eigenvalue weighted by Gasteiger charge is -2.14. The number of halogens is 3. The molecule has 0 saturated carbocycles. The number of aliphatic hydroxyl groups is 1. The van der Waals surface area contributed by atoms with E-state index in [0.717, 1.165) is 6.92 Å². The Bertz CT molecular complexity index is 1090. The van der Waals surface area contributed by atoms with Gasteiger partial charge < -0.3 is 10.2 Å². The Hall–Kier alpha value is -3.17. The van der Waals surface area contributed by atoms with Crippen molar-refractivity contribution in [2.45, 2.75) is 20.1 Å². The van der Waals surface area contributed by atoms with E-state index in [1.54, 1.807) is 22.8 Å². The number of carboxylic acids is 1. The molecule has 2 aromatic carbocycles. The second-order valence-corrected chi connectivity index (χ2v) is 6.40. The van der Waals surface area contributed by atoms with Crippen LogP contribution in [-0.2, 0) is 17.9 Å². The van der Waals surface area contributed by atoms with Gasteiger partial charge in [0.2, 0.25) is 0 Å². The Balaban J connectivity index is 0.000000552. The maximum absolute atomic E-state index is 14.3. The number of carboxylic acid groups (broad SMARTS) is 1. The molecule has 4 rings (SSSR count). The lowest BCUT2D eigenvalue weighted by molar-refractivity contribution is -0.134. The van der Waals surface area contributed by atoms with E-state index in [2.05, 4.69) is 15.2 Å². The Labute approximate surface area is 168 Å². The van der Waals surface area contributed by atoms with Crippen molar-refractivity contribution in [2.75, 3.05) is 0 Å². The number of aliphatic imine (C=N–C) groups is 1. The van der Waals surface area contributed by atoms with Gasteiger partial charge >= 0.3 is 0 Å². The number of hydrogen-bond donors (Lipinski definition) is 2. The minimum absolute atomic E-state index is 0.0579. The first kappa shape index (κ1) is 20.6. The number of nitrogens with zero attached hydrogens (tertiary/aromatic N) is 4. The van der Waals surface area contributed by atoms with Crippen molar-refractivity contribution in [3.05, 3.63) is 75.8 Å². The molecule has 0 bridgehead atoms. The summed E-state index contributed by atoms with van der Waals surface area (Å²) in [6.07, 6.45) is 0. The van der Waals surface area contributed by atoms with E-state index in [-0.39, 0.29) is 24.4 Å².